The average molecular weight is 256 g/mol. The smallest absolute Gasteiger partial charge is 0.0270 e. The third-order valence-corrected chi connectivity index (χ3v) is 5.64. The Labute approximate surface area is 109 Å². The molecule has 1 rings (SSSR count). The van der Waals surface area contributed by atoms with Crippen LogP contribution in [0.5, 0.6) is 0 Å². The molecule has 0 aromatic rings. The van der Waals surface area contributed by atoms with Gasteiger partial charge in [0.25, 0.3) is 0 Å². The van der Waals surface area contributed by atoms with Crippen molar-refractivity contribution in [2.24, 2.45) is 5.92 Å². The molecule has 0 heterocycles. The lowest BCUT2D eigenvalue weighted by Crippen LogP contribution is -2.20. The first-order valence-corrected chi connectivity index (χ1v) is 8.22. The number of hydrogen-bond acceptors (Lipinski definition) is 2. The molecule has 0 nitrogen and oxygen atoms in total. The maximum Gasteiger partial charge on any atom is 0.0270 e. The van der Waals surface area contributed by atoms with Crippen molar-refractivity contribution >= 4 is 23.5 Å². The monoisotopic (exact) mass is 256 g/mol. The summed E-state index contributed by atoms with van der Waals surface area (Å²) in [5.74, 6) is 3.12. The van der Waals surface area contributed by atoms with Crippen LogP contribution in [0.15, 0.2) is 22.6 Å². The maximum atomic E-state index is 4.15. The zero-order chi connectivity index (χ0) is 12.1. The van der Waals surface area contributed by atoms with Crippen LogP contribution in [0.25, 0.3) is 0 Å². The highest BCUT2D eigenvalue weighted by Gasteiger charge is 2.27. The normalized spacial score (nSPS) is 26.0. The number of rotatable bonds is 5. The highest BCUT2D eigenvalue weighted by Crippen LogP contribution is 2.42. The quantitative estimate of drug-likeness (QED) is 0.626. The Morgan fingerprint density at radius 3 is 2.56 bits per heavy atom. The second-order valence-corrected chi connectivity index (χ2v) is 7.30. The highest BCUT2D eigenvalue weighted by molar-refractivity contribution is 8.03. The van der Waals surface area contributed by atoms with E-state index < -0.39 is 0 Å². The van der Waals surface area contributed by atoms with E-state index in [4.69, 9.17) is 0 Å². The molecular formula is C14H24S2. The van der Waals surface area contributed by atoms with Gasteiger partial charge in [0.15, 0.2) is 0 Å². The molecule has 0 N–H and O–H groups in total. The van der Waals surface area contributed by atoms with Gasteiger partial charge in [-0.2, -0.15) is 11.8 Å². The number of hydrogen-bond donors (Lipinski definition) is 0. The van der Waals surface area contributed by atoms with Crippen LogP contribution >= 0.6 is 23.5 Å². The minimum absolute atomic E-state index is 0.710. The van der Waals surface area contributed by atoms with E-state index in [1.165, 1.54) is 29.9 Å². The fourth-order valence-electron chi connectivity index (χ4n) is 2.20. The Morgan fingerprint density at radius 2 is 2.06 bits per heavy atom. The van der Waals surface area contributed by atoms with Crippen molar-refractivity contribution in [3.63, 3.8) is 0 Å². The Kier molecular flexibility index (Phi) is 6.06. The first kappa shape index (κ1) is 14.2. The largest absolute Gasteiger partial charge is 0.154 e. The molecule has 0 aliphatic heterocycles. The minimum atomic E-state index is 0.710. The predicted octanol–water partition coefficient (Wildman–Crippen LogP) is 5.12. The zero-order valence-corrected chi connectivity index (χ0v) is 12.6. The Morgan fingerprint density at radius 1 is 1.38 bits per heavy atom. The molecule has 16 heavy (non-hydrogen) atoms. The molecule has 0 aromatic heterocycles. The van der Waals surface area contributed by atoms with E-state index in [0.29, 0.717) is 5.92 Å². The number of allylic oxidation sites excluding steroid dienone is 2. The van der Waals surface area contributed by atoms with Gasteiger partial charge < -0.3 is 0 Å². The Balaban J connectivity index is 2.83. The van der Waals surface area contributed by atoms with Crippen LogP contribution in [0, 0.1) is 5.92 Å². The molecule has 0 saturated carbocycles. The molecule has 2 unspecified atom stereocenters. The molecule has 1 aliphatic rings. The van der Waals surface area contributed by atoms with Gasteiger partial charge in [-0.1, -0.05) is 31.6 Å². The average Bonchev–Trinajstić information content (AvgIpc) is 2.24. The highest BCUT2D eigenvalue weighted by atomic mass is 32.2. The molecule has 0 spiro atoms. The van der Waals surface area contributed by atoms with E-state index in [0.717, 1.165) is 5.25 Å². The van der Waals surface area contributed by atoms with Crippen LogP contribution in [0.3, 0.4) is 0 Å². The molecule has 2 heteroatoms. The van der Waals surface area contributed by atoms with Crippen LogP contribution in [0.4, 0.5) is 0 Å². The first-order chi connectivity index (χ1) is 7.60. The van der Waals surface area contributed by atoms with Gasteiger partial charge in [-0.15, -0.1) is 11.8 Å². The van der Waals surface area contributed by atoms with Gasteiger partial charge in [0.2, 0.25) is 0 Å². The summed E-state index contributed by atoms with van der Waals surface area (Å²) < 4.78 is 0. The van der Waals surface area contributed by atoms with Crippen LogP contribution in [-0.4, -0.2) is 16.8 Å². The fourth-order valence-corrected chi connectivity index (χ4v) is 4.47. The molecule has 92 valence electrons. The second kappa shape index (κ2) is 6.80. The van der Waals surface area contributed by atoms with E-state index >= 15 is 0 Å². The lowest BCUT2D eigenvalue weighted by atomic mass is 9.85. The molecule has 0 radical (unpaired) electrons. The third kappa shape index (κ3) is 3.59. The molecule has 0 fully saturated rings. The third-order valence-electron chi connectivity index (χ3n) is 3.24. The van der Waals surface area contributed by atoms with Gasteiger partial charge in [-0.25, -0.2) is 0 Å². The van der Waals surface area contributed by atoms with E-state index in [-0.39, 0.29) is 0 Å². The maximum absolute atomic E-state index is 4.15. The molecule has 0 bridgehead atoms. The van der Waals surface area contributed by atoms with Crippen LogP contribution in [-0.2, 0) is 0 Å². The summed E-state index contributed by atoms with van der Waals surface area (Å²) in [6.07, 6.45) is 2.54. The van der Waals surface area contributed by atoms with Crippen molar-refractivity contribution in [3.8, 4) is 0 Å². The van der Waals surface area contributed by atoms with Crippen molar-refractivity contribution < 1.29 is 0 Å². The van der Waals surface area contributed by atoms with Crippen molar-refractivity contribution in [1.82, 2.24) is 0 Å². The van der Waals surface area contributed by atoms with E-state index in [9.17, 15) is 0 Å². The molecule has 0 amide bonds. The van der Waals surface area contributed by atoms with Gasteiger partial charge >= 0.3 is 0 Å². The van der Waals surface area contributed by atoms with E-state index in [1.54, 1.807) is 10.5 Å². The SMILES string of the molecule is C=C(C)C1CC(SCC)=C(C)C(SCC)C1. The fraction of sp³-hybridized carbons (Fsp3) is 0.714. The topological polar surface area (TPSA) is 0 Å². The van der Waals surface area contributed by atoms with E-state index in [2.05, 4.69) is 46.0 Å². The van der Waals surface area contributed by atoms with E-state index in [1.807, 2.05) is 11.8 Å². The van der Waals surface area contributed by atoms with Crippen LogP contribution in [0.1, 0.15) is 40.5 Å². The molecule has 0 saturated heterocycles. The Hall–Kier alpha value is 0.180. The molecule has 0 aromatic carbocycles. The van der Waals surface area contributed by atoms with Gasteiger partial charge in [-0.3, -0.25) is 0 Å². The van der Waals surface area contributed by atoms with Gasteiger partial charge in [0, 0.05) is 5.25 Å². The predicted molar refractivity (Wildman–Crippen MR) is 80.3 cm³/mol. The van der Waals surface area contributed by atoms with Crippen molar-refractivity contribution in [2.45, 2.75) is 45.8 Å². The Bertz CT molecular complexity index is 278. The van der Waals surface area contributed by atoms with Gasteiger partial charge in [0.05, 0.1) is 0 Å². The van der Waals surface area contributed by atoms with Crippen molar-refractivity contribution in [2.75, 3.05) is 11.5 Å². The van der Waals surface area contributed by atoms with Gasteiger partial charge in [0.1, 0.15) is 0 Å². The lowest BCUT2D eigenvalue weighted by Gasteiger charge is -2.32. The summed E-state index contributed by atoms with van der Waals surface area (Å²) in [5, 5.41) is 0.731. The second-order valence-electron chi connectivity index (χ2n) is 4.47. The zero-order valence-electron chi connectivity index (χ0n) is 11.0. The summed E-state index contributed by atoms with van der Waals surface area (Å²) in [4.78, 5) is 1.63. The number of thioether (sulfide) groups is 2. The van der Waals surface area contributed by atoms with Crippen molar-refractivity contribution in [1.29, 1.82) is 0 Å². The first-order valence-electron chi connectivity index (χ1n) is 6.19. The van der Waals surface area contributed by atoms with Gasteiger partial charge in [-0.05, 0) is 49.0 Å². The van der Waals surface area contributed by atoms with Crippen LogP contribution in [0.2, 0.25) is 0 Å². The lowest BCUT2D eigenvalue weighted by molar-refractivity contribution is 0.543. The van der Waals surface area contributed by atoms with Crippen LogP contribution < -0.4 is 0 Å². The molecule has 1 aliphatic carbocycles. The summed E-state index contributed by atoms with van der Waals surface area (Å²) in [6, 6.07) is 0. The van der Waals surface area contributed by atoms with Crippen molar-refractivity contribution in [3.05, 3.63) is 22.6 Å². The summed E-state index contributed by atoms with van der Waals surface area (Å²) in [5.41, 5.74) is 3.00. The minimum Gasteiger partial charge on any atom is -0.154 e. The summed E-state index contributed by atoms with van der Waals surface area (Å²) >= 11 is 4.14. The molecular weight excluding hydrogens is 232 g/mol. The summed E-state index contributed by atoms with van der Waals surface area (Å²) in [6.45, 7) is 13.2. The standard InChI is InChI=1S/C14H24S2/c1-6-15-13-8-12(10(3)4)9-14(11(13)5)16-7-2/h12-13H,3,6-9H2,1-2,4-5H3. The molecule has 2 atom stereocenters. The summed E-state index contributed by atoms with van der Waals surface area (Å²) in [7, 11) is 0.